The van der Waals surface area contributed by atoms with Crippen molar-refractivity contribution in [3.05, 3.63) is 77.4 Å². The number of para-hydroxylation sites is 1. The van der Waals surface area contributed by atoms with Crippen LogP contribution in [0.5, 0.6) is 5.75 Å². The zero-order chi connectivity index (χ0) is 20.9. The molecule has 3 aromatic carbocycles. The minimum Gasteiger partial charge on any atom is -0.496 e. The van der Waals surface area contributed by atoms with E-state index in [2.05, 4.69) is 29.2 Å². The smallest absolute Gasteiger partial charge is 0.338 e. The number of likely N-dealkylation sites (tertiary alicyclic amines) is 1. The summed E-state index contributed by atoms with van der Waals surface area (Å²) in [6, 6.07) is 20.6. The van der Waals surface area contributed by atoms with Crippen molar-refractivity contribution >= 4 is 16.7 Å². The zero-order valence-corrected chi connectivity index (χ0v) is 17.8. The Hall–Kier alpha value is -2.85. The Morgan fingerprint density at radius 1 is 1.00 bits per heavy atom. The van der Waals surface area contributed by atoms with Gasteiger partial charge in [-0.15, -0.1) is 0 Å². The third-order valence-corrected chi connectivity index (χ3v) is 6.03. The van der Waals surface area contributed by atoms with Gasteiger partial charge in [0.2, 0.25) is 0 Å². The van der Waals surface area contributed by atoms with Crippen LogP contribution in [-0.4, -0.2) is 37.7 Å². The van der Waals surface area contributed by atoms with Gasteiger partial charge in [0.1, 0.15) is 5.75 Å². The number of fused-ring (bicyclic) bond motifs is 1. The SMILES string of the molecule is CCOC(=O)c1cc2ccccc2cc1CN1CCC(c2ccccc2OC)CC1. The van der Waals surface area contributed by atoms with Gasteiger partial charge in [0.15, 0.2) is 0 Å². The molecule has 4 nitrogen and oxygen atoms in total. The van der Waals surface area contributed by atoms with E-state index in [1.54, 1.807) is 7.11 Å². The Bertz CT molecular complexity index is 1020. The fourth-order valence-corrected chi connectivity index (χ4v) is 4.46. The van der Waals surface area contributed by atoms with Crippen molar-refractivity contribution in [2.45, 2.75) is 32.2 Å². The molecular weight excluding hydrogens is 374 g/mol. The monoisotopic (exact) mass is 403 g/mol. The average Bonchev–Trinajstić information content (AvgIpc) is 2.79. The van der Waals surface area contributed by atoms with Gasteiger partial charge in [0.05, 0.1) is 19.3 Å². The minimum absolute atomic E-state index is 0.234. The summed E-state index contributed by atoms with van der Waals surface area (Å²) in [6.45, 7) is 4.99. The molecule has 156 valence electrons. The van der Waals surface area contributed by atoms with E-state index >= 15 is 0 Å². The summed E-state index contributed by atoms with van der Waals surface area (Å²) in [5.74, 6) is 1.26. The highest BCUT2D eigenvalue weighted by atomic mass is 16.5. The molecule has 1 heterocycles. The number of hydrogen-bond acceptors (Lipinski definition) is 4. The van der Waals surface area contributed by atoms with Gasteiger partial charge in [-0.05, 0) is 78.9 Å². The molecule has 0 N–H and O–H groups in total. The van der Waals surface area contributed by atoms with Crippen LogP contribution in [0.4, 0.5) is 0 Å². The predicted octanol–water partition coefficient (Wildman–Crippen LogP) is 5.40. The van der Waals surface area contributed by atoms with Gasteiger partial charge in [0, 0.05) is 6.54 Å². The lowest BCUT2D eigenvalue weighted by Crippen LogP contribution is -2.33. The lowest BCUT2D eigenvalue weighted by molar-refractivity contribution is 0.0523. The zero-order valence-electron chi connectivity index (χ0n) is 17.8. The highest BCUT2D eigenvalue weighted by Gasteiger charge is 2.24. The molecule has 0 aromatic heterocycles. The van der Waals surface area contributed by atoms with E-state index in [1.165, 1.54) is 5.56 Å². The number of benzene rings is 3. The first-order chi connectivity index (χ1) is 14.7. The molecule has 4 heteroatoms. The van der Waals surface area contributed by atoms with E-state index in [1.807, 2.05) is 43.3 Å². The van der Waals surface area contributed by atoms with Crippen molar-refractivity contribution in [1.82, 2.24) is 4.90 Å². The van der Waals surface area contributed by atoms with E-state index in [0.717, 1.165) is 54.6 Å². The first kappa shape index (κ1) is 20.4. The van der Waals surface area contributed by atoms with Crippen LogP contribution in [0, 0.1) is 0 Å². The van der Waals surface area contributed by atoms with Gasteiger partial charge in [-0.3, -0.25) is 4.90 Å². The fraction of sp³-hybridized carbons (Fsp3) is 0.346. The Balaban J connectivity index is 1.52. The van der Waals surface area contributed by atoms with Crippen LogP contribution in [0.15, 0.2) is 60.7 Å². The van der Waals surface area contributed by atoms with E-state index in [4.69, 9.17) is 9.47 Å². The maximum absolute atomic E-state index is 12.6. The summed E-state index contributed by atoms with van der Waals surface area (Å²) in [4.78, 5) is 15.0. The lowest BCUT2D eigenvalue weighted by Gasteiger charge is -2.33. The molecule has 1 fully saturated rings. The molecule has 4 rings (SSSR count). The number of carbonyl (C=O) groups excluding carboxylic acids is 1. The highest BCUT2D eigenvalue weighted by Crippen LogP contribution is 2.34. The lowest BCUT2D eigenvalue weighted by atomic mass is 9.88. The molecular formula is C26H29NO3. The van der Waals surface area contributed by atoms with E-state index in [9.17, 15) is 4.79 Å². The van der Waals surface area contributed by atoms with Gasteiger partial charge >= 0.3 is 5.97 Å². The number of piperidine rings is 1. The van der Waals surface area contributed by atoms with Gasteiger partial charge < -0.3 is 9.47 Å². The molecule has 3 aromatic rings. The predicted molar refractivity (Wildman–Crippen MR) is 120 cm³/mol. The number of methoxy groups -OCH3 is 1. The number of rotatable bonds is 6. The fourth-order valence-electron chi connectivity index (χ4n) is 4.46. The normalized spacial score (nSPS) is 15.3. The Morgan fingerprint density at radius 3 is 2.37 bits per heavy atom. The number of carbonyl (C=O) groups is 1. The second-order valence-corrected chi connectivity index (χ2v) is 7.87. The summed E-state index contributed by atoms with van der Waals surface area (Å²) in [7, 11) is 1.74. The molecule has 1 aliphatic rings. The van der Waals surface area contributed by atoms with Gasteiger partial charge in [-0.2, -0.15) is 0 Å². The van der Waals surface area contributed by atoms with Crippen molar-refractivity contribution in [2.75, 3.05) is 26.8 Å². The third-order valence-electron chi connectivity index (χ3n) is 6.03. The Labute approximate surface area is 178 Å². The van der Waals surface area contributed by atoms with Gasteiger partial charge in [-0.1, -0.05) is 42.5 Å². The van der Waals surface area contributed by atoms with Crippen molar-refractivity contribution in [2.24, 2.45) is 0 Å². The van der Waals surface area contributed by atoms with Crippen molar-refractivity contribution < 1.29 is 14.3 Å². The molecule has 0 atom stereocenters. The van der Waals surface area contributed by atoms with Crippen LogP contribution >= 0.6 is 0 Å². The molecule has 1 saturated heterocycles. The Kier molecular flexibility index (Phi) is 6.34. The molecule has 0 unspecified atom stereocenters. The van der Waals surface area contributed by atoms with Crippen LogP contribution in [0.1, 0.15) is 47.2 Å². The number of nitrogens with zero attached hydrogens (tertiary/aromatic N) is 1. The highest BCUT2D eigenvalue weighted by molar-refractivity contribution is 5.97. The van der Waals surface area contributed by atoms with Crippen molar-refractivity contribution in [1.29, 1.82) is 0 Å². The summed E-state index contributed by atoms with van der Waals surface area (Å²) < 4.78 is 10.9. The number of esters is 1. The van der Waals surface area contributed by atoms with Gasteiger partial charge in [-0.25, -0.2) is 4.79 Å². The number of ether oxygens (including phenoxy) is 2. The summed E-state index contributed by atoms with van der Waals surface area (Å²) in [6.07, 6.45) is 2.17. The van der Waals surface area contributed by atoms with E-state index in [0.29, 0.717) is 18.1 Å². The Morgan fingerprint density at radius 2 is 1.67 bits per heavy atom. The van der Waals surface area contributed by atoms with Gasteiger partial charge in [0.25, 0.3) is 0 Å². The summed E-state index contributed by atoms with van der Waals surface area (Å²) in [5.41, 5.74) is 3.03. The van der Waals surface area contributed by atoms with E-state index < -0.39 is 0 Å². The second kappa shape index (κ2) is 9.31. The largest absolute Gasteiger partial charge is 0.496 e. The van der Waals surface area contributed by atoms with E-state index in [-0.39, 0.29) is 5.97 Å². The topological polar surface area (TPSA) is 38.8 Å². The average molecular weight is 404 g/mol. The quantitative estimate of drug-likeness (QED) is 0.516. The molecule has 1 aliphatic heterocycles. The second-order valence-electron chi connectivity index (χ2n) is 7.87. The van der Waals surface area contributed by atoms with Crippen molar-refractivity contribution in [3.8, 4) is 5.75 Å². The maximum atomic E-state index is 12.6. The summed E-state index contributed by atoms with van der Waals surface area (Å²) >= 11 is 0. The van der Waals surface area contributed by atoms with Crippen LogP contribution < -0.4 is 4.74 Å². The molecule has 0 saturated carbocycles. The first-order valence-corrected chi connectivity index (χ1v) is 10.7. The molecule has 0 radical (unpaired) electrons. The molecule has 30 heavy (non-hydrogen) atoms. The first-order valence-electron chi connectivity index (χ1n) is 10.7. The molecule has 0 aliphatic carbocycles. The molecule has 0 amide bonds. The molecule has 0 bridgehead atoms. The van der Waals surface area contributed by atoms with Crippen molar-refractivity contribution in [3.63, 3.8) is 0 Å². The summed E-state index contributed by atoms with van der Waals surface area (Å²) in [5, 5.41) is 2.23. The van der Waals surface area contributed by atoms with Crippen LogP contribution in [0.2, 0.25) is 0 Å². The minimum atomic E-state index is -0.234. The maximum Gasteiger partial charge on any atom is 0.338 e. The van der Waals surface area contributed by atoms with Crippen LogP contribution in [0.25, 0.3) is 10.8 Å². The van der Waals surface area contributed by atoms with Crippen LogP contribution in [-0.2, 0) is 11.3 Å². The number of hydrogen-bond donors (Lipinski definition) is 0. The van der Waals surface area contributed by atoms with Crippen LogP contribution in [0.3, 0.4) is 0 Å². The third kappa shape index (κ3) is 4.34. The standard InChI is InChI=1S/C26H29NO3/c1-3-30-26(28)24-17-21-9-5-4-8-20(21)16-22(24)18-27-14-12-19(13-15-27)23-10-6-7-11-25(23)29-2/h4-11,16-17,19H,3,12-15,18H2,1-2H3. The molecule has 0 spiro atoms.